The van der Waals surface area contributed by atoms with E-state index in [1.165, 1.54) is 24.3 Å². The van der Waals surface area contributed by atoms with Gasteiger partial charge in [-0.1, -0.05) is 18.2 Å². The molecule has 21 heavy (non-hydrogen) atoms. The lowest BCUT2D eigenvalue weighted by molar-refractivity contribution is 0.0692. The third kappa shape index (κ3) is 3.86. The van der Waals surface area contributed by atoms with E-state index in [1.54, 1.807) is 18.2 Å². The Morgan fingerprint density at radius 3 is 2.62 bits per heavy atom. The molecule has 2 aromatic carbocycles. The lowest BCUT2D eigenvalue weighted by Crippen LogP contribution is -2.18. The van der Waals surface area contributed by atoms with Gasteiger partial charge in [0.1, 0.15) is 11.6 Å². The number of carboxylic acid groups (broad SMARTS) is 1. The Labute approximate surface area is 121 Å². The van der Waals surface area contributed by atoms with Crippen LogP contribution in [0.2, 0.25) is 0 Å². The van der Waals surface area contributed by atoms with Gasteiger partial charge in [-0.25, -0.2) is 13.6 Å². The number of aromatic carboxylic acids is 1. The molecule has 2 aromatic rings. The van der Waals surface area contributed by atoms with Gasteiger partial charge in [-0.15, -0.1) is 0 Å². The first-order valence-electron chi connectivity index (χ1n) is 6.48. The molecule has 0 saturated carbocycles. The Kier molecular flexibility index (Phi) is 4.65. The van der Waals surface area contributed by atoms with Gasteiger partial charge < -0.3 is 10.4 Å². The minimum Gasteiger partial charge on any atom is -0.478 e. The Balaban J connectivity index is 2.03. The Morgan fingerprint density at radius 1 is 1.24 bits per heavy atom. The zero-order chi connectivity index (χ0) is 15.4. The molecule has 0 aromatic heterocycles. The van der Waals surface area contributed by atoms with Gasteiger partial charge in [0.25, 0.3) is 0 Å². The number of hydrogen-bond acceptors (Lipinski definition) is 2. The third-order valence-corrected chi connectivity index (χ3v) is 3.22. The normalized spacial score (nSPS) is 12.1. The number of carbonyl (C=O) groups is 1. The molecular formula is C16H15F2NO2. The Morgan fingerprint density at radius 2 is 2.00 bits per heavy atom. The number of benzene rings is 2. The molecule has 0 heterocycles. The minimum atomic E-state index is -1.29. The first-order chi connectivity index (χ1) is 9.97. The molecule has 2 rings (SSSR count). The molecule has 0 bridgehead atoms. The monoisotopic (exact) mass is 291 g/mol. The maximum absolute atomic E-state index is 13.5. The first-order valence-corrected chi connectivity index (χ1v) is 6.48. The molecule has 5 heteroatoms. The quantitative estimate of drug-likeness (QED) is 0.886. The van der Waals surface area contributed by atoms with Crippen LogP contribution in [0, 0.1) is 11.6 Å². The van der Waals surface area contributed by atoms with Gasteiger partial charge in [0.2, 0.25) is 0 Å². The van der Waals surface area contributed by atoms with E-state index >= 15 is 0 Å². The van der Waals surface area contributed by atoms with Gasteiger partial charge in [-0.2, -0.15) is 0 Å². The summed E-state index contributed by atoms with van der Waals surface area (Å²) in [5, 5.41) is 11.9. The summed E-state index contributed by atoms with van der Waals surface area (Å²) in [5.41, 5.74) is 1.07. The second-order valence-electron chi connectivity index (χ2n) is 4.78. The van der Waals surface area contributed by atoms with Crippen LogP contribution in [-0.4, -0.2) is 11.1 Å². The second-order valence-corrected chi connectivity index (χ2v) is 4.78. The van der Waals surface area contributed by atoms with Crippen molar-refractivity contribution in [1.82, 2.24) is 5.32 Å². The molecule has 1 atom stereocenters. The van der Waals surface area contributed by atoms with Gasteiger partial charge in [0, 0.05) is 12.6 Å². The molecule has 0 unspecified atom stereocenters. The van der Waals surface area contributed by atoms with Gasteiger partial charge in [0.15, 0.2) is 0 Å². The van der Waals surface area contributed by atoms with Crippen LogP contribution in [0.25, 0.3) is 0 Å². The number of rotatable bonds is 5. The van der Waals surface area contributed by atoms with Crippen molar-refractivity contribution >= 4 is 5.97 Å². The highest BCUT2D eigenvalue weighted by Gasteiger charge is 2.11. The molecule has 0 aliphatic carbocycles. The number of halogens is 2. The van der Waals surface area contributed by atoms with Crippen LogP contribution in [0.5, 0.6) is 0 Å². The maximum atomic E-state index is 13.5. The average Bonchev–Trinajstić information content (AvgIpc) is 2.44. The molecular weight excluding hydrogens is 276 g/mol. The summed E-state index contributed by atoms with van der Waals surface area (Å²) in [4.78, 5) is 10.7. The van der Waals surface area contributed by atoms with Gasteiger partial charge in [-0.05, 0) is 42.3 Å². The molecule has 0 spiro atoms. The van der Waals surface area contributed by atoms with Crippen molar-refractivity contribution in [2.24, 2.45) is 0 Å². The summed E-state index contributed by atoms with van der Waals surface area (Å²) in [6, 6.07) is 10.1. The van der Waals surface area contributed by atoms with E-state index in [1.807, 2.05) is 6.92 Å². The standard InChI is InChI=1S/C16H15F2NO2/c1-10(12-3-2-4-13(17)8-12)19-9-11-5-6-14(16(20)21)15(18)7-11/h2-8,10,19H,9H2,1H3,(H,20,21)/t10-/m1/s1. The van der Waals surface area contributed by atoms with E-state index in [9.17, 15) is 13.6 Å². The summed E-state index contributed by atoms with van der Waals surface area (Å²) >= 11 is 0. The zero-order valence-corrected chi connectivity index (χ0v) is 11.4. The first kappa shape index (κ1) is 15.1. The highest BCUT2D eigenvalue weighted by molar-refractivity contribution is 5.87. The molecule has 0 aliphatic heterocycles. The van der Waals surface area contributed by atoms with E-state index in [-0.39, 0.29) is 17.4 Å². The number of hydrogen-bond donors (Lipinski definition) is 2. The van der Waals surface area contributed by atoms with E-state index in [0.29, 0.717) is 12.1 Å². The van der Waals surface area contributed by atoms with Crippen molar-refractivity contribution in [2.75, 3.05) is 0 Å². The predicted octanol–water partition coefficient (Wildman–Crippen LogP) is 3.51. The number of carboxylic acids is 1. The van der Waals surface area contributed by atoms with E-state index in [0.717, 1.165) is 5.56 Å². The third-order valence-electron chi connectivity index (χ3n) is 3.22. The highest BCUT2D eigenvalue weighted by atomic mass is 19.1. The largest absolute Gasteiger partial charge is 0.478 e. The van der Waals surface area contributed by atoms with Gasteiger partial charge in [-0.3, -0.25) is 0 Å². The van der Waals surface area contributed by atoms with Gasteiger partial charge >= 0.3 is 5.97 Å². The molecule has 3 nitrogen and oxygen atoms in total. The van der Waals surface area contributed by atoms with E-state index < -0.39 is 11.8 Å². The van der Waals surface area contributed by atoms with Crippen LogP contribution >= 0.6 is 0 Å². The highest BCUT2D eigenvalue weighted by Crippen LogP contribution is 2.15. The van der Waals surface area contributed by atoms with Crippen molar-refractivity contribution in [2.45, 2.75) is 19.5 Å². The fourth-order valence-corrected chi connectivity index (χ4v) is 2.01. The van der Waals surface area contributed by atoms with Crippen molar-refractivity contribution in [3.63, 3.8) is 0 Å². The predicted molar refractivity (Wildman–Crippen MR) is 75.0 cm³/mol. The van der Waals surface area contributed by atoms with Crippen molar-refractivity contribution in [3.05, 3.63) is 70.8 Å². The molecule has 0 amide bonds. The van der Waals surface area contributed by atoms with Crippen molar-refractivity contribution < 1.29 is 18.7 Å². The zero-order valence-electron chi connectivity index (χ0n) is 11.4. The summed E-state index contributed by atoms with van der Waals surface area (Å²) in [7, 11) is 0. The van der Waals surface area contributed by atoms with Crippen molar-refractivity contribution in [3.8, 4) is 0 Å². The number of nitrogens with one attached hydrogen (secondary N) is 1. The SMILES string of the molecule is C[C@@H](NCc1ccc(C(=O)O)c(F)c1)c1cccc(F)c1. The molecule has 2 N–H and O–H groups in total. The van der Waals surface area contributed by atoms with E-state index in [2.05, 4.69) is 5.32 Å². The van der Waals surface area contributed by atoms with Crippen molar-refractivity contribution in [1.29, 1.82) is 0 Å². The second kappa shape index (κ2) is 6.45. The average molecular weight is 291 g/mol. The molecule has 0 fully saturated rings. The van der Waals surface area contributed by atoms with Crippen LogP contribution in [-0.2, 0) is 6.54 Å². The molecule has 110 valence electrons. The molecule has 0 saturated heterocycles. The van der Waals surface area contributed by atoms with Crippen LogP contribution in [0.3, 0.4) is 0 Å². The smallest absolute Gasteiger partial charge is 0.338 e. The van der Waals surface area contributed by atoms with Crippen LogP contribution in [0.15, 0.2) is 42.5 Å². The minimum absolute atomic E-state index is 0.108. The molecule has 0 aliphatic rings. The Bertz CT molecular complexity index is 658. The molecule has 0 radical (unpaired) electrons. The lowest BCUT2D eigenvalue weighted by atomic mass is 10.1. The van der Waals surface area contributed by atoms with Gasteiger partial charge in [0.05, 0.1) is 5.56 Å². The summed E-state index contributed by atoms with van der Waals surface area (Å²) in [6.45, 7) is 2.23. The summed E-state index contributed by atoms with van der Waals surface area (Å²) in [6.07, 6.45) is 0. The topological polar surface area (TPSA) is 49.3 Å². The lowest BCUT2D eigenvalue weighted by Gasteiger charge is -2.14. The maximum Gasteiger partial charge on any atom is 0.338 e. The summed E-state index contributed by atoms with van der Waals surface area (Å²) < 4.78 is 26.7. The fourth-order valence-electron chi connectivity index (χ4n) is 2.01. The summed E-state index contributed by atoms with van der Waals surface area (Å²) in [5.74, 6) is -2.36. The van der Waals surface area contributed by atoms with Crippen LogP contribution < -0.4 is 5.32 Å². The van der Waals surface area contributed by atoms with Crippen LogP contribution in [0.1, 0.15) is 34.5 Å². The van der Waals surface area contributed by atoms with E-state index in [4.69, 9.17) is 5.11 Å². The van der Waals surface area contributed by atoms with Crippen LogP contribution in [0.4, 0.5) is 8.78 Å². The Hall–Kier alpha value is -2.27. The fraction of sp³-hybridized carbons (Fsp3) is 0.188.